The highest BCUT2D eigenvalue weighted by Gasteiger charge is 2.31. The van der Waals surface area contributed by atoms with Gasteiger partial charge in [0.1, 0.15) is 11.3 Å². The van der Waals surface area contributed by atoms with Crippen LogP contribution >= 0.6 is 15.9 Å². The summed E-state index contributed by atoms with van der Waals surface area (Å²) in [5.74, 6) is -1.31. The summed E-state index contributed by atoms with van der Waals surface area (Å²) in [4.78, 5) is 24.9. The number of aromatic hydroxyl groups is 1. The van der Waals surface area contributed by atoms with Crippen LogP contribution < -0.4 is 5.32 Å². The van der Waals surface area contributed by atoms with Crippen molar-refractivity contribution in [3.63, 3.8) is 0 Å². The zero-order chi connectivity index (χ0) is 17.1. The number of hydrogen-bond donors (Lipinski definition) is 2. The van der Waals surface area contributed by atoms with Crippen LogP contribution in [-0.4, -0.2) is 23.0 Å². The molecule has 1 aliphatic rings. The van der Waals surface area contributed by atoms with Crippen LogP contribution in [0, 0.1) is 0 Å². The highest BCUT2D eigenvalue weighted by molar-refractivity contribution is 9.10. The van der Waals surface area contributed by atoms with Gasteiger partial charge in [-0.05, 0) is 31.0 Å². The average molecular weight is 390 g/mol. The maximum Gasteiger partial charge on any atom is 0.343 e. The van der Waals surface area contributed by atoms with Gasteiger partial charge >= 0.3 is 5.97 Å². The van der Waals surface area contributed by atoms with Crippen molar-refractivity contribution < 1.29 is 19.4 Å². The minimum Gasteiger partial charge on any atom is -0.507 e. The first-order chi connectivity index (χ1) is 11.5. The van der Waals surface area contributed by atoms with Gasteiger partial charge in [-0.25, -0.2) is 4.79 Å². The normalized spacial score (nSPS) is 14.7. The Labute approximate surface area is 147 Å². The molecular weight excluding hydrogens is 374 g/mol. The minimum atomic E-state index is -1.06. The highest BCUT2D eigenvalue weighted by atomic mass is 79.9. The van der Waals surface area contributed by atoms with E-state index in [-0.39, 0.29) is 23.3 Å². The number of rotatable bonds is 5. The van der Waals surface area contributed by atoms with E-state index in [9.17, 15) is 14.7 Å². The van der Waals surface area contributed by atoms with Crippen LogP contribution in [0.5, 0.6) is 5.75 Å². The van der Waals surface area contributed by atoms with Crippen molar-refractivity contribution in [2.75, 3.05) is 0 Å². The smallest absolute Gasteiger partial charge is 0.343 e. The topological polar surface area (TPSA) is 75.6 Å². The number of ether oxygens (including phenoxy) is 1. The Kier molecular flexibility index (Phi) is 4.85. The number of phenols is 1. The third-order valence-electron chi connectivity index (χ3n) is 3.67. The van der Waals surface area contributed by atoms with Gasteiger partial charge in [-0.3, -0.25) is 4.79 Å². The zero-order valence-corrected chi connectivity index (χ0v) is 14.3. The van der Waals surface area contributed by atoms with Crippen LogP contribution in [0.4, 0.5) is 0 Å². The number of hydrogen-bond acceptors (Lipinski definition) is 4. The summed E-state index contributed by atoms with van der Waals surface area (Å²) < 4.78 is 6.05. The summed E-state index contributed by atoms with van der Waals surface area (Å²) in [6.07, 6.45) is 0.819. The molecule has 0 heterocycles. The molecule has 3 rings (SSSR count). The molecule has 0 unspecified atom stereocenters. The maximum absolute atomic E-state index is 12.5. The summed E-state index contributed by atoms with van der Waals surface area (Å²) in [5, 5.41) is 12.7. The molecule has 5 nitrogen and oxygen atoms in total. The van der Waals surface area contributed by atoms with Crippen molar-refractivity contribution in [3.8, 4) is 5.75 Å². The monoisotopic (exact) mass is 389 g/mol. The summed E-state index contributed by atoms with van der Waals surface area (Å²) >= 11 is 3.25. The number of phenolic OH excluding ortho intramolecular Hbond substituents is 1. The number of halogens is 1. The molecule has 24 heavy (non-hydrogen) atoms. The fraction of sp³-hybridized carbons (Fsp3) is 0.222. The van der Waals surface area contributed by atoms with Gasteiger partial charge in [-0.15, -0.1) is 0 Å². The second-order valence-corrected chi connectivity index (χ2v) is 6.56. The molecule has 0 aliphatic heterocycles. The van der Waals surface area contributed by atoms with Crippen molar-refractivity contribution in [3.05, 3.63) is 64.1 Å². The molecule has 6 heteroatoms. The average Bonchev–Trinajstić information content (AvgIpc) is 3.39. The van der Waals surface area contributed by atoms with Gasteiger partial charge in [0, 0.05) is 16.1 Å². The van der Waals surface area contributed by atoms with E-state index < -0.39 is 12.1 Å². The van der Waals surface area contributed by atoms with E-state index in [0.717, 1.165) is 12.8 Å². The van der Waals surface area contributed by atoms with E-state index in [2.05, 4.69) is 21.2 Å². The molecule has 2 N–H and O–H groups in total. The lowest BCUT2D eigenvalue weighted by atomic mass is 10.1. The van der Waals surface area contributed by atoms with Crippen LogP contribution in [0.25, 0.3) is 0 Å². The Bertz CT molecular complexity index is 759. The van der Waals surface area contributed by atoms with Crippen molar-refractivity contribution >= 4 is 27.8 Å². The zero-order valence-electron chi connectivity index (χ0n) is 12.7. The number of benzene rings is 2. The van der Waals surface area contributed by atoms with Gasteiger partial charge in [-0.1, -0.05) is 46.3 Å². The van der Waals surface area contributed by atoms with Crippen LogP contribution in [-0.2, 0) is 9.53 Å². The largest absolute Gasteiger partial charge is 0.507 e. The third-order valence-corrected chi connectivity index (χ3v) is 4.16. The van der Waals surface area contributed by atoms with Crippen LogP contribution in [0.3, 0.4) is 0 Å². The molecule has 0 bridgehead atoms. The van der Waals surface area contributed by atoms with Crippen molar-refractivity contribution in [1.82, 2.24) is 5.32 Å². The molecule has 1 amide bonds. The number of amides is 1. The minimum absolute atomic E-state index is 0.00419. The number of esters is 1. The molecule has 1 atom stereocenters. The standard InChI is InChI=1S/C18H16BrNO4/c19-12-6-9-15(21)14(10-12)18(23)24-16(11-4-2-1-3-5-11)17(22)20-13-7-8-13/h1-6,9-10,13,16,21H,7-8H2,(H,20,22)/t16-/m1/s1. The van der Waals surface area contributed by atoms with Crippen molar-refractivity contribution in [1.29, 1.82) is 0 Å². The summed E-state index contributed by atoms with van der Waals surface area (Å²) in [5.41, 5.74) is 0.586. The fourth-order valence-corrected chi connectivity index (χ4v) is 2.61. The second kappa shape index (κ2) is 7.05. The Morgan fingerprint density at radius 1 is 1.17 bits per heavy atom. The second-order valence-electron chi connectivity index (χ2n) is 5.64. The van der Waals surface area contributed by atoms with Crippen LogP contribution in [0.2, 0.25) is 0 Å². The van der Waals surface area contributed by atoms with Crippen LogP contribution in [0.15, 0.2) is 53.0 Å². The molecule has 0 saturated heterocycles. The molecule has 1 aliphatic carbocycles. The van der Waals surface area contributed by atoms with Gasteiger partial charge in [-0.2, -0.15) is 0 Å². The van der Waals surface area contributed by atoms with Gasteiger partial charge < -0.3 is 15.2 Å². The Morgan fingerprint density at radius 3 is 2.54 bits per heavy atom. The molecule has 1 saturated carbocycles. The van der Waals surface area contributed by atoms with E-state index in [4.69, 9.17) is 4.74 Å². The molecular formula is C18H16BrNO4. The van der Waals surface area contributed by atoms with E-state index >= 15 is 0 Å². The fourth-order valence-electron chi connectivity index (χ4n) is 2.25. The summed E-state index contributed by atoms with van der Waals surface area (Å²) in [6, 6.07) is 13.4. The lowest BCUT2D eigenvalue weighted by Crippen LogP contribution is -2.33. The number of carbonyl (C=O) groups is 2. The number of carbonyl (C=O) groups excluding carboxylic acids is 2. The van der Waals surface area contributed by atoms with Gasteiger partial charge in [0.05, 0.1) is 0 Å². The maximum atomic E-state index is 12.5. The van der Waals surface area contributed by atoms with Gasteiger partial charge in [0.25, 0.3) is 5.91 Å². The molecule has 124 valence electrons. The van der Waals surface area contributed by atoms with E-state index in [1.807, 2.05) is 6.07 Å². The molecule has 0 aromatic heterocycles. The molecule has 2 aromatic carbocycles. The highest BCUT2D eigenvalue weighted by Crippen LogP contribution is 2.27. The predicted molar refractivity (Wildman–Crippen MR) is 91.6 cm³/mol. The first-order valence-electron chi connectivity index (χ1n) is 7.59. The molecule has 0 spiro atoms. The van der Waals surface area contributed by atoms with Crippen molar-refractivity contribution in [2.45, 2.75) is 25.0 Å². The van der Waals surface area contributed by atoms with Crippen LogP contribution in [0.1, 0.15) is 34.9 Å². The first kappa shape index (κ1) is 16.5. The lowest BCUT2D eigenvalue weighted by molar-refractivity contribution is -0.130. The van der Waals surface area contributed by atoms with E-state index in [1.54, 1.807) is 30.3 Å². The predicted octanol–water partition coefficient (Wildman–Crippen LogP) is 3.33. The molecule has 2 aromatic rings. The van der Waals surface area contributed by atoms with Gasteiger partial charge in [0.2, 0.25) is 6.10 Å². The summed E-state index contributed by atoms with van der Waals surface area (Å²) in [7, 11) is 0. The van der Waals surface area contributed by atoms with Gasteiger partial charge in [0.15, 0.2) is 0 Å². The Balaban J connectivity index is 1.84. The number of nitrogens with one attached hydrogen (secondary N) is 1. The van der Waals surface area contributed by atoms with Crippen molar-refractivity contribution in [2.24, 2.45) is 0 Å². The Morgan fingerprint density at radius 2 is 1.88 bits per heavy atom. The molecule has 0 radical (unpaired) electrons. The molecule has 1 fully saturated rings. The SMILES string of the molecule is O=C(O[C@@H](C(=O)NC1CC1)c1ccccc1)c1cc(Br)ccc1O. The quantitative estimate of drug-likeness (QED) is 0.768. The van der Waals surface area contributed by atoms with E-state index in [1.165, 1.54) is 12.1 Å². The summed E-state index contributed by atoms with van der Waals surface area (Å²) in [6.45, 7) is 0. The lowest BCUT2D eigenvalue weighted by Gasteiger charge is -2.18. The Hall–Kier alpha value is -2.34. The first-order valence-corrected chi connectivity index (χ1v) is 8.38. The third kappa shape index (κ3) is 3.94. The van der Waals surface area contributed by atoms with E-state index in [0.29, 0.717) is 10.0 Å².